The van der Waals surface area contributed by atoms with Gasteiger partial charge in [0.05, 0.1) is 20.3 Å². The third-order valence-corrected chi connectivity index (χ3v) is 6.21. The number of anilines is 1. The predicted molar refractivity (Wildman–Crippen MR) is 108 cm³/mol. The van der Waals surface area contributed by atoms with E-state index in [9.17, 15) is 4.79 Å². The lowest BCUT2D eigenvalue weighted by molar-refractivity contribution is -0.140. The first kappa shape index (κ1) is 19.1. The molecule has 150 valence electrons. The van der Waals surface area contributed by atoms with Gasteiger partial charge in [0.2, 0.25) is 11.0 Å². The number of ether oxygens (including phenoxy) is 2. The fraction of sp³-hybridized carbons (Fsp3) is 0.550. The van der Waals surface area contributed by atoms with Gasteiger partial charge in [-0.1, -0.05) is 12.1 Å². The Bertz CT molecular complexity index is 798. The summed E-state index contributed by atoms with van der Waals surface area (Å²) >= 11 is 1.44. The summed E-state index contributed by atoms with van der Waals surface area (Å²) in [6, 6.07) is 8.00. The zero-order valence-corrected chi connectivity index (χ0v) is 17.0. The van der Waals surface area contributed by atoms with Gasteiger partial charge >= 0.3 is 0 Å². The number of piperidine rings is 1. The molecule has 2 aliphatic rings. The molecule has 2 aromatic rings. The normalized spacial score (nSPS) is 18.3. The molecule has 0 spiro atoms. The topological polar surface area (TPSA) is 67.8 Å². The van der Waals surface area contributed by atoms with Crippen molar-refractivity contribution in [3.05, 3.63) is 35.7 Å². The number of nitrogens with zero attached hydrogens (tertiary/aromatic N) is 4. The number of rotatable bonds is 5. The number of carbonyl (C=O) groups excluding carboxylic acids is 1. The molecule has 2 saturated heterocycles. The lowest BCUT2D eigenvalue weighted by Crippen LogP contribution is -2.46. The van der Waals surface area contributed by atoms with Crippen molar-refractivity contribution in [2.75, 3.05) is 51.4 Å². The van der Waals surface area contributed by atoms with E-state index in [4.69, 9.17) is 14.5 Å². The number of methoxy groups -OCH3 is 1. The minimum atomic E-state index is 0.124. The van der Waals surface area contributed by atoms with Gasteiger partial charge in [0.25, 0.3) is 0 Å². The maximum absolute atomic E-state index is 12.7. The maximum Gasteiger partial charge on any atom is 0.225 e. The van der Waals surface area contributed by atoms with E-state index in [1.807, 2.05) is 23.1 Å². The van der Waals surface area contributed by atoms with E-state index in [0.717, 1.165) is 61.3 Å². The Hall–Kier alpha value is -2.19. The highest BCUT2D eigenvalue weighted by atomic mass is 32.1. The SMILES string of the molecule is COc1cccc(Cc2nsc(N3CCC(C(=O)N4CCOCC4)CC3)n2)c1. The van der Waals surface area contributed by atoms with Crippen LogP contribution in [0.5, 0.6) is 5.75 Å². The van der Waals surface area contributed by atoms with Gasteiger partial charge in [-0.15, -0.1) is 0 Å². The van der Waals surface area contributed by atoms with E-state index in [2.05, 4.69) is 15.3 Å². The Balaban J connectivity index is 1.32. The summed E-state index contributed by atoms with van der Waals surface area (Å²) in [6.45, 7) is 4.48. The molecule has 0 unspecified atom stereocenters. The molecule has 0 atom stereocenters. The van der Waals surface area contributed by atoms with Crippen LogP contribution < -0.4 is 9.64 Å². The molecule has 0 N–H and O–H groups in total. The Morgan fingerprint density at radius 3 is 2.79 bits per heavy atom. The van der Waals surface area contributed by atoms with E-state index < -0.39 is 0 Å². The van der Waals surface area contributed by atoms with E-state index in [1.165, 1.54) is 11.5 Å². The number of benzene rings is 1. The lowest BCUT2D eigenvalue weighted by Gasteiger charge is -2.35. The van der Waals surface area contributed by atoms with Crippen LogP contribution in [-0.2, 0) is 16.0 Å². The minimum Gasteiger partial charge on any atom is -0.497 e. The summed E-state index contributed by atoms with van der Waals surface area (Å²) in [5.41, 5.74) is 1.14. The summed E-state index contributed by atoms with van der Waals surface area (Å²) < 4.78 is 15.2. The molecule has 0 bridgehead atoms. The highest BCUT2D eigenvalue weighted by Gasteiger charge is 2.30. The van der Waals surface area contributed by atoms with Crippen LogP contribution >= 0.6 is 11.5 Å². The molecule has 0 saturated carbocycles. The summed E-state index contributed by atoms with van der Waals surface area (Å²) in [7, 11) is 1.67. The van der Waals surface area contributed by atoms with Crippen LogP contribution in [0.2, 0.25) is 0 Å². The van der Waals surface area contributed by atoms with Gasteiger partial charge in [0.1, 0.15) is 11.6 Å². The molecule has 1 aromatic carbocycles. The van der Waals surface area contributed by atoms with Crippen LogP contribution in [-0.4, -0.2) is 66.7 Å². The number of hydrogen-bond donors (Lipinski definition) is 0. The van der Waals surface area contributed by atoms with Crippen molar-refractivity contribution in [1.82, 2.24) is 14.3 Å². The molecule has 2 aliphatic heterocycles. The Kier molecular flexibility index (Phi) is 6.07. The number of amides is 1. The molecule has 8 heteroatoms. The van der Waals surface area contributed by atoms with Crippen molar-refractivity contribution < 1.29 is 14.3 Å². The second kappa shape index (κ2) is 8.87. The second-order valence-electron chi connectivity index (χ2n) is 7.22. The smallest absolute Gasteiger partial charge is 0.225 e. The average molecular weight is 403 g/mol. The van der Waals surface area contributed by atoms with Crippen molar-refractivity contribution in [3.8, 4) is 5.75 Å². The third-order valence-electron chi connectivity index (χ3n) is 5.39. The van der Waals surface area contributed by atoms with E-state index in [-0.39, 0.29) is 5.92 Å². The number of carbonyl (C=O) groups is 1. The average Bonchev–Trinajstić information content (AvgIpc) is 3.22. The molecular weight excluding hydrogens is 376 g/mol. The van der Waals surface area contributed by atoms with Gasteiger partial charge in [-0.2, -0.15) is 4.37 Å². The van der Waals surface area contributed by atoms with Crippen LogP contribution in [0.3, 0.4) is 0 Å². The van der Waals surface area contributed by atoms with E-state index in [0.29, 0.717) is 25.5 Å². The third kappa shape index (κ3) is 4.44. The molecule has 28 heavy (non-hydrogen) atoms. The first-order chi connectivity index (χ1) is 13.7. The van der Waals surface area contributed by atoms with E-state index in [1.54, 1.807) is 7.11 Å². The molecule has 7 nitrogen and oxygen atoms in total. The van der Waals surface area contributed by atoms with Crippen molar-refractivity contribution >= 4 is 22.6 Å². The van der Waals surface area contributed by atoms with Gasteiger partial charge < -0.3 is 19.3 Å². The van der Waals surface area contributed by atoms with Gasteiger partial charge in [-0.25, -0.2) is 4.98 Å². The summed E-state index contributed by atoms with van der Waals surface area (Å²) in [4.78, 5) is 21.6. The number of morpholine rings is 1. The van der Waals surface area contributed by atoms with Crippen molar-refractivity contribution in [2.45, 2.75) is 19.3 Å². The van der Waals surface area contributed by atoms with E-state index >= 15 is 0 Å². The van der Waals surface area contributed by atoms with Crippen LogP contribution in [0, 0.1) is 5.92 Å². The summed E-state index contributed by atoms with van der Waals surface area (Å²) in [5.74, 6) is 2.09. The Labute approximate surface area is 169 Å². The fourth-order valence-corrected chi connectivity index (χ4v) is 4.51. The van der Waals surface area contributed by atoms with Gasteiger partial charge in [-0.3, -0.25) is 4.79 Å². The summed E-state index contributed by atoms with van der Waals surface area (Å²) in [6.07, 6.45) is 2.45. The van der Waals surface area contributed by atoms with Crippen LogP contribution in [0.15, 0.2) is 24.3 Å². The molecule has 2 fully saturated rings. The molecule has 1 amide bonds. The first-order valence-electron chi connectivity index (χ1n) is 9.80. The number of hydrogen-bond acceptors (Lipinski definition) is 7. The quantitative estimate of drug-likeness (QED) is 0.764. The second-order valence-corrected chi connectivity index (χ2v) is 7.95. The fourth-order valence-electron chi connectivity index (χ4n) is 3.77. The van der Waals surface area contributed by atoms with Crippen LogP contribution in [0.25, 0.3) is 0 Å². The predicted octanol–water partition coefficient (Wildman–Crippen LogP) is 2.21. The molecule has 0 aliphatic carbocycles. The zero-order chi connectivity index (χ0) is 19.3. The highest BCUT2D eigenvalue weighted by molar-refractivity contribution is 7.09. The molecular formula is C20H26N4O3S. The van der Waals surface area contributed by atoms with Crippen LogP contribution in [0.4, 0.5) is 5.13 Å². The molecule has 1 aromatic heterocycles. The lowest BCUT2D eigenvalue weighted by atomic mass is 9.95. The maximum atomic E-state index is 12.7. The highest BCUT2D eigenvalue weighted by Crippen LogP contribution is 2.27. The van der Waals surface area contributed by atoms with Crippen LogP contribution in [0.1, 0.15) is 24.2 Å². The monoisotopic (exact) mass is 402 g/mol. The minimum absolute atomic E-state index is 0.124. The Morgan fingerprint density at radius 2 is 2.04 bits per heavy atom. The van der Waals surface area contributed by atoms with Crippen molar-refractivity contribution in [3.63, 3.8) is 0 Å². The van der Waals surface area contributed by atoms with Crippen molar-refractivity contribution in [2.24, 2.45) is 5.92 Å². The molecule has 3 heterocycles. The van der Waals surface area contributed by atoms with Gasteiger partial charge in [-0.05, 0) is 30.5 Å². The zero-order valence-electron chi connectivity index (χ0n) is 16.2. The van der Waals surface area contributed by atoms with Crippen molar-refractivity contribution in [1.29, 1.82) is 0 Å². The van der Waals surface area contributed by atoms with Gasteiger partial charge in [0.15, 0.2) is 0 Å². The summed E-state index contributed by atoms with van der Waals surface area (Å²) in [5, 5.41) is 0.954. The standard InChI is InChI=1S/C20H26N4O3S/c1-26-17-4-2-3-15(13-17)14-18-21-20(28-22-18)24-7-5-16(6-8-24)19(25)23-9-11-27-12-10-23/h2-4,13,16H,5-12,14H2,1H3. The first-order valence-corrected chi connectivity index (χ1v) is 10.6. The molecule has 0 radical (unpaired) electrons. The number of aromatic nitrogens is 2. The largest absolute Gasteiger partial charge is 0.497 e. The van der Waals surface area contributed by atoms with Gasteiger partial charge in [0, 0.05) is 50.1 Å². The Morgan fingerprint density at radius 1 is 1.25 bits per heavy atom. The molecule has 4 rings (SSSR count).